The van der Waals surface area contributed by atoms with Gasteiger partial charge in [0.25, 0.3) is 0 Å². The second-order valence-electron chi connectivity index (χ2n) is 2.05. The van der Waals surface area contributed by atoms with E-state index in [4.69, 9.17) is 4.89 Å². The second-order valence-corrected chi connectivity index (χ2v) is 3.95. The molecule has 1 aliphatic heterocycles. The molecule has 0 aromatic carbocycles. The van der Waals surface area contributed by atoms with Crippen LogP contribution in [-0.2, 0) is 9.09 Å². The molecule has 1 rings (SSSR count). The zero-order chi connectivity index (χ0) is 7.61. The smallest absolute Gasteiger partial charge is 0.324 e. The van der Waals surface area contributed by atoms with E-state index in [0.717, 1.165) is 0 Å². The Morgan fingerprint density at radius 3 is 2.90 bits per heavy atom. The highest BCUT2D eigenvalue weighted by Gasteiger charge is 2.32. The van der Waals surface area contributed by atoms with Gasteiger partial charge in [0.2, 0.25) is 0 Å². The number of hydrogen-bond donors (Lipinski definition) is 1. The first-order chi connectivity index (χ1) is 4.64. The molecule has 1 saturated heterocycles. The zero-order valence-electron chi connectivity index (χ0n) is 5.08. The average molecular weight is 164 g/mol. The maximum absolute atomic E-state index is 11.3. The van der Waals surface area contributed by atoms with Gasteiger partial charge in [-0.3, -0.25) is 4.57 Å². The van der Waals surface area contributed by atoms with E-state index >= 15 is 0 Å². The SMILES string of the molecule is O=P1(O)CC(C#CF)CO1. The first kappa shape index (κ1) is 7.74. The van der Waals surface area contributed by atoms with E-state index in [9.17, 15) is 8.96 Å². The molecular weight excluding hydrogens is 158 g/mol. The monoisotopic (exact) mass is 164 g/mol. The zero-order valence-corrected chi connectivity index (χ0v) is 5.97. The predicted octanol–water partition coefficient (Wildman–Crippen LogP) is 0.749. The van der Waals surface area contributed by atoms with Gasteiger partial charge in [-0.05, 0) is 0 Å². The van der Waals surface area contributed by atoms with Gasteiger partial charge in [-0.2, -0.15) is 0 Å². The largest absolute Gasteiger partial charge is 0.329 e. The van der Waals surface area contributed by atoms with Gasteiger partial charge < -0.3 is 9.42 Å². The summed E-state index contributed by atoms with van der Waals surface area (Å²) in [5, 5.41) is 0. The summed E-state index contributed by atoms with van der Waals surface area (Å²) in [6, 6.07) is 0. The lowest BCUT2D eigenvalue weighted by molar-refractivity contribution is 0.286. The standard InChI is InChI=1S/C5H6FO3P/c6-2-1-5-3-9-10(7,8)4-5/h5H,3-4H2,(H,7,8). The van der Waals surface area contributed by atoms with E-state index in [1.54, 1.807) is 0 Å². The Balaban J connectivity index is 2.57. The summed E-state index contributed by atoms with van der Waals surface area (Å²) in [6.45, 7) is 0.0602. The lowest BCUT2D eigenvalue weighted by Gasteiger charge is -1.96. The normalized spacial score (nSPS) is 38.8. The van der Waals surface area contributed by atoms with Crippen molar-refractivity contribution in [3.63, 3.8) is 0 Å². The van der Waals surface area contributed by atoms with Crippen molar-refractivity contribution < 1.29 is 18.4 Å². The van der Waals surface area contributed by atoms with E-state index in [-0.39, 0.29) is 12.8 Å². The van der Waals surface area contributed by atoms with Crippen molar-refractivity contribution in [2.75, 3.05) is 12.8 Å². The number of halogens is 1. The summed E-state index contributed by atoms with van der Waals surface area (Å²) >= 11 is 0. The van der Waals surface area contributed by atoms with Gasteiger partial charge in [-0.1, -0.05) is 5.92 Å². The molecule has 2 unspecified atom stereocenters. The van der Waals surface area contributed by atoms with Crippen molar-refractivity contribution in [3.05, 3.63) is 0 Å². The van der Waals surface area contributed by atoms with Gasteiger partial charge in [0.1, 0.15) is 6.17 Å². The lowest BCUT2D eigenvalue weighted by atomic mass is 10.2. The van der Waals surface area contributed by atoms with Crippen LogP contribution in [0, 0.1) is 18.0 Å². The highest BCUT2D eigenvalue weighted by molar-refractivity contribution is 7.53. The summed E-state index contributed by atoms with van der Waals surface area (Å²) in [4.78, 5) is 8.73. The Morgan fingerprint density at radius 1 is 1.80 bits per heavy atom. The number of rotatable bonds is 0. The third-order valence-corrected chi connectivity index (χ3v) is 2.64. The molecule has 0 radical (unpaired) electrons. The highest BCUT2D eigenvalue weighted by atomic mass is 31.2. The van der Waals surface area contributed by atoms with Crippen molar-refractivity contribution >= 4 is 7.60 Å². The quantitative estimate of drug-likeness (QED) is 0.424. The Bertz CT molecular complexity index is 229. The molecule has 0 saturated carbocycles. The molecule has 3 nitrogen and oxygen atoms in total. The van der Waals surface area contributed by atoms with Gasteiger partial charge in [0, 0.05) is 0 Å². The first-order valence-electron chi connectivity index (χ1n) is 2.71. The van der Waals surface area contributed by atoms with Gasteiger partial charge in [-0.25, -0.2) is 0 Å². The number of hydrogen-bond acceptors (Lipinski definition) is 2. The molecule has 0 amide bonds. The summed E-state index contributed by atoms with van der Waals surface area (Å²) in [7, 11) is -3.40. The average Bonchev–Trinajstić information content (AvgIpc) is 2.12. The van der Waals surface area contributed by atoms with Gasteiger partial charge in [0.05, 0.1) is 18.7 Å². The van der Waals surface area contributed by atoms with Crippen molar-refractivity contribution in [3.8, 4) is 12.1 Å². The summed E-state index contributed by atoms with van der Waals surface area (Å²) in [6.07, 6.45) is 1.13. The van der Waals surface area contributed by atoms with Crippen molar-refractivity contribution in [2.45, 2.75) is 0 Å². The Hall–Kier alpha value is -0.360. The molecular formula is C5H6FO3P. The fourth-order valence-corrected chi connectivity index (χ4v) is 2.03. The molecule has 0 aromatic rings. The van der Waals surface area contributed by atoms with E-state index in [0.29, 0.717) is 0 Å². The van der Waals surface area contributed by atoms with Crippen LogP contribution in [0.25, 0.3) is 0 Å². The minimum Gasteiger partial charge on any atom is -0.324 e. The van der Waals surface area contributed by atoms with Crippen LogP contribution in [0.1, 0.15) is 0 Å². The van der Waals surface area contributed by atoms with E-state index in [2.05, 4.69) is 10.4 Å². The molecule has 1 fully saturated rings. The Kier molecular flexibility index (Phi) is 2.10. The molecule has 2 atom stereocenters. The molecule has 10 heavy (non-hydrogen) atoms. The van der Waals surface area contributed by atoms with Gasteiger partial charge in [0.15, 0.2) is 0 Å². The second kappa shape index (κ2) is 2.71. The van der Waals surface area contributed by atoms with Crippen LogP contribution in [0.15, 0.2) is 0 Å². The molecule has 1 aliphatic rings. The van der Waals surface area contributed by atoms with Gasteiger partial charge >= 0.3 is 7.60 Å². The highest BCUT2D eigenvalue weighted by Crippen LogP contribution is 2.49. The predicted molar refractivity (Wildman–Crippen MR) is 33.0 cm³/mol. The van der Waals surface area contributed by atoms with Crippen molar-refractivity contribution in [1.82, 2.24) is 0 Å². The van der Waals surface area contributed by atoms with E-state index in [1.165, 1.54) is 6.17 Å². The molecule has 1 heterocycles. The van der Waals surface area contributed by atoms with E-state index in [1.807, 2.05) is 0 Å². The fourth-order valence-electron chi connectivity index (χ4n) is 0.755. The molecule has 0 aromatic heterocycles. The molecule has 1 N–H and O–H groups in total. The third kappa shape index (κ3) is 1.81. The molecule has 0 spiro atoms. The molecule has 0 bridgehead atoms. The van der Waals surface area contributed by atoms with Crippen LogP contribution < -0.4 is 0 Å². The van der Waals surface area contributed by atoms with Crippen LogP contribution in [0.3, 0.4) is 0 Å². The van der Waals surface area contributed by atoms with Crippen molar-refractivity contribution in [1.29, 1.82) is 0 Å². The fraction of sp³-hybridized carbons (Fsp3) is 0.600. The summed E-state index contributed by atoms with van der Waals surface area (Å²) in [5.41, 5.74) is 0. The van der Waals surface area contributed by atoms with Crippen LogP contribution in [0.4, 0.5) is 4.39 Å². The Labute approximate surface area is 57.7 Å². The molecule has 5 heteroatoms. The maximum atomic E-state index is 11.3. The molecule has 0 aliphatic carbocycles. The first-order valence-corrected chi connectivity index (χ1v) is 4.48. The van der Waals surface area contributed by atoms with Crippen LogP contribution in [0.5, 0.6) is 0 Å². The molecule has 56 valence electrons. The lowest BCUT2D eigenvalue weighted by Crippen LogP contribution is -1.97. The summed E-state index contributed by atoms with van der Waals surface area (Å²) < 4.78 is 26.4. The van der Waals surface area contributed by atoms with E-state index < -0.39 is 13.5 Å². The Morgan fingerprint density at radius 2 is 2.50 bits per heavy atom. The maximum Gasteiger partial charge on any atom is 0.329 e. The van der Waals surface area contributed by atoms with Gasteiger partial charge in [-0.15, -0.1) is 4.39 Å². The summed E-state index contributed by atoms with van der Waals surface area (Å²) in [5.74, 6) is 1.71. The van der Waals surface area contributed by atoms with Crippen LogP contribution in [0.2, 0.25) is 0 Å². The minimum absolute atomic E-state index is 0.0517. The minimum atomic E-state index is -3.40. The van der Waals surface area contributed by atoms with Crippen LogP contribution in [-0.4, -0.2) is 17.7 Å². The van der Waals surface area contributed by atoms with Crippen LogP contribution >= 0.6 is 7.60 Å². The third-order valence-electron chi connectivity index (χ3n) is 1.19. The topological polar surface area (TPSA) is 46.5 Å². The van der Waals surface area contributed by atoms with Crippen molar-refractivity contribution in [2.24, 2.45) is 5.92 Å².